The first-order chi connectivity index (χ1) is 12.2. The van der Waals surface area contributed by atoms with Crippen LogP contribution in [0.1, 0.15) is 16.8 Å². The fraction of sp³-hybridized carbons (Fsp3) is 0.368. The van der Waals surface area contributed by atoms with Gasteiger partial charge in [-0.2, -0.15) is 0 Å². The molecule has 1 saturated heterocycles. The summed E-state index contributed by atoms with van der Waals surface area (Å²) in [5.74, 6) is 0.846. The molecular formula is C19H22N2O4. The van der Waals surface area contributed by atoms with Crippen molar-refractivity contribution in [3.63, 3.8) is 0 Å². The highest BCUT2D eigenvalue weighted by atomic mass is 16.5. The number of carbonyl (C=O) groups is 2. The Labute approximate surface area is 146 Å². The van der Waals surface area contributed by atoms with Gasteiger partial charge >= 0.3 is 0 Å². The molecule has 1 aliphatic heterocycles. The fourth-order valence-corrected chi connectivity index (χ4v) is 3.00. The molecule has 1 atom stereocenters. The molecule has 0 radical (unpaired) electrons. The molecule has 1 aliphatic rings. The number of ether oxygens (including phenoxy) is 1. The first-order valence-corrected chi connectivity index (χ1v) is 8.36. The lowest BCUT2D eigenvalue weighted by molar-refractivity contribution is -0.128. The number of carbonyl (C=O) groups excluding carboxylic acids is 2. The standard InChI is InChI=1S/C19H22N2O4/c1-24-9-7-21-13-14(10-18(21)22)12-20-19(23)16-5-2-4-15(11-16)17-6-3-8-25-17/h2-6,8,11,14H,7,9-10,12-13H2,1H3,(H,20,23). The van der Waals surface area contributed by atoms with Gasteiger partial charge in [0.2, 0.25) is 5.91 Å². The molecular weight excluding hydrogens is 320 g/mol. The Morgan fingerprint density at radius 3 is 3.00 bits per heavy atom. The van der Waals surface area contributed by atoms with E-state index in [2.05, 4.69) is 5.32 Å². The van der Waals surface area contributed by atoms with Crippen molar-refractivity contribution < 1.29 is 18.7 Å². The van der Waals surface area contributed by atoms with Gasteiger partial charge in [0.25, 0.3) is 5.91 Å². The van der Waals surface area contributed by atoms with Crippen LogP contribution in [0.3, 0.4) is 0 Å². The number of hydrogen-bond donors (Lipinski definition) is 1. The fourth-order valence-electron chi connectivity index (χ4n) is 3.00. The molecule has 2 amide bonds. The number of benzene rings is 1. The molecule has 6 heteroatoms. The quantitative estimate of drug-likeness (QED) is 0.837. The zero-order valence-corrected chi connectivity index (χ0v) is 14.2. The molecule has 2 heterocycles. The molecule has 1 N–H and O–H groups in total. The Kier molecular flexibility index (Phi) is 5.50. The Morgan fingerprint density at radius 2 is 2.24 bits per heavy atom. The van der Waals surface area contributed by atoms with Crippen molar-refractivity contribution in [3.05, 3.63) is 48.2 Å². The summed E-state index contributed by atoms with van der Waals surface area (Å²) in [7, 11) is 1.62. The second-order valence-electron chi connectivity index (χ2n) is 6.17. The smallest absolute Gasteiger partial charge is 0.251 e. The molecule has 0 spiro atoms. The predicted octanol–water partition coefficient (Wildman–Crippen LogP) is 2.17. The molecule has 1 fully saturated rings. The summed E-state index contributed by atoms with van der Waals surface area (Å²) in [6.07, 6.45) is 2.07. The molecule has 0 bridgehead atoms. The highest BCUT2D eigenvalue weighted by molar-refractivity contribution is 5.95. The van der Waals surface area contributed by atoms with Crippen molar-refractivity contribution in [1.82, 2.24) is 10.2 Å². The molecule has 1 aromatic heterocycles. The van der Waals surface area contributed by atoms with E-state index in [1.165, 1.54) is 0 Å². The van der Waals surface area contributed by atoms with E-state index < -0.39 is 0 Å². The molecule has 1 unspecified atom stereocenters. The van der Waals surface area contributed by atoms with E-state index in [1.54, 1.807) is 30.4 Å². The highest BCUT2D eigenvalue weighted by Gasteiger charge is 2.29. The third-order valence-corrected chi connectivity index (χ3v) is 4.34. The van der Waals surface area contributed by atoms with Crippen molar-refractivity contribution in [1.29, 1.82) is 0 Å². The average molecular weight is 342 g/mol. The summed E-state index contributed by atoms with van der Waals surface area (Å²) in [5.41, 5.74) is 1.44. The van der Waals surface area contributed by atoms with E-state index in [0.717, 1.165) is 11.3 Å². The summed E-state index contributed by atoms with van der Waals surface area (Å²) in [4.78, 5) is 26.1. The van der Waals surface area contributed by atoms with Gasteiger partial charge in [-0.25, -0.2) is 0 Å². The number of nitrogens with zero attached hydrogens (tertiary/aromatic N) is 1. The maximum absolute atomic E-state index is 12.4. The zero-order chi connectivity index (χ0) is 17.6. The van der Waals surface area contributed by atoms with Gasteiger partial charge in [0.1, 0.15) is 5.76 Å². The van der Waals surface area contributed by atoms with Crippen molar-refractivity contribution in [2.45, 2.75) is 6.42 Å². The largest absolute Gasteiger partial charge is 0.464 e. The second kappa shape index (κ2) is 7.98. The van der Waals surface area contributed by atoms with Crippen LogP contribution in [0.15, 0.2) is 47.1 Å². The Hall–Kier alpha value is -2.60. The van der Waals surface area contributed by atoms with Gasteiger partial charge in [-0.3, -0.25) is 9.59 Å². The molecule has 132 valence electrons. The van der Waals surface area contributed by atoms with Crippen LogP contribution in [-0.4, -0.2) is 50.1 Å². The molecule has 6 nitrogen and oxygen atoms in total. The molecule has 0 aliphatic carbocycles. The van der Waals surface area contributed by atoms with Crippen LogP contribution < -0.4 is 5.32 Å². The van der Waals surface area contributed by atoms with Crippen molar-refractivity contribution in [3.8, 4) is 11.3 Å². The van der Waals surface area contributed by atoms with E-state index in [4.69, 9.17) is 9.15 Å². The molecule has 3 rings (SSSR count). The van der Waals surface area contributed by atoms with Crippen molar-refractivity contribution in [2.75, 3.05) is 33.4 Å². The lowest BCUT2D eigenvalue weighted by Gasteiger charge is -2.16. The van der Waals surface area contributed by atoms with Crippen LogP contribution in [0.25, 0.3) is 11.3 Å². The topological polar surface area (TPSA) is 71.8 Å². The first-order valence-electron chi connectivity index (χ1n) is 8.36. The summed E-state index contributed by atoms with van der Waals surface area (Å²) in [5, 5.41) is 2.93. The van der Waals surface area contributed by atoms with Crippen molar-refractivity contribution in [2.24, 2.45) is 5.92 Å². The lowest BCUT2D eigenvalue weighted by Crippen LogP contribution is -2.32. The predicted molar refractivity (Wildman–Crippen MR) is 93.0 cm³/mol. The number of amides is 2. The maximum atomic E-state index is 12.4. The minimum Gasteiger partial charge on any atom is -0.464 e. The number of rotatable bonds is 7. The number of likely N-dealkylation sites (tertiary alicyclic amines) is 1. The monoisotopic (exact) mass is 342 g/mol. The Bertz CT molecular complexity index is 727. The maximum Gasteiger partial charge on any atom is 0.251 e. The Morgan fingerprint density at radius 1 is 1.36 bits per heavy atom. The van der Waals surface area contributed by atoms with Crippen LogP contribution in [0.5, 0.6) is 0 Å². The Balaban J connectivity index is 1.55. The number of furan rings is 1. The van der Waals surface area contributed by atoms with E-state index >= 15 is 0 Å². The minimum absolute atomic E-state index is 0.121. The van der Waals surface area contributed by atoms with E-state index in [1.807, 2.05) is 24.3 Å². The number of hydrogen-bond acceptors (Lipinski definition) is 4. The number of nitrogens with one attached hydrogen (secondary N) is 1. The number of methoxy groups -OCH3 is 1. The van der Waals surface area contributed by atoms with Gasteiger partial charge in [-0.05, 0) is 24.3 Å². The van der Waals surface area contributed by atoms with E-state index in [9.17, 15) is 9.59 Å². The lowest BCUT2D eigenvalue weighted by atomic mass is 10.1. The summed E-state index contributed by atoms with van der Waals surface area (Å²) >= 11 is 0. The summed E-state index contributed by atoms with van der Waals surface area (Å²) < 4.78 is 10.4. The summed E-state index contributed by atoms with van der Waals surface area (Å²) in [6.45, 7) is 2.28. The van der Waals surface area contributed by atoms with Gasteiger partial charge in [-0.1, -0.05) is 12.1 Å². The van der Waals surface area contributed by atoms with Crippen LogP contribution in [-0.2, 0) is 9.53 Å². The van der Waals surface area contributed by atoms with Crippen LogP contribution in [0.2, 0.25) is 0 Å². The first kappa shape index (κ1) is 17.2. The van der Waals surface area contributed by atoms with Crippen LogP contribution >= 0.6 is 0 Å². The SMILES string of the molecule is COCCN1CC(CNC(=O)c2cccc(-c3ccco3)c2)CC1=O. The van der Waals surface area contributed by atoms with Gasteiger partial charge in [0.15, 0.2) is 0 Å². The third-order valence-electron chi connectivity index (χ3n) is 4.34. The van der Waals surface area contributed by atoms with Gasteiger partial charge in [-0.15, -0.1) is 0 Å². The van der Waals surface area contributed by atoms with Crippen LogP contribution in [0, 0.1) is 5.92 Å². The molecule has 0 saturated carbocycles. The normalized spacial score (nSPS) is 17.1. The minimum atomic E-state index is -0.142. The summed E-state index contributed by atoms with van der Waals surface area (Å²) in [6, 6.07) is 11.0. The van der Waals surface area contributed by atoms with Crippen LogP contribution in [0.4, 0.5) is 0 Å². The van der Waals surface area contributed by atoms with E-state index in [0.29, 0.717) is 38.2 Å². The average Bonchev–Trinajstić information content (AvgIpc) is 3.28. The highest BCUT2D eigenvalue weighted by Crippen LogP contribution is 2.21. The molecule has 1 aromatic carbocycles. The van der Waals surface area contributed by atoms with E-state index in [-0.39, 0.29) is 17.7 Å². The zero-order valence-electron chi connectivity index (χ0n) is 14.2. The van der Waals surface area contributed by atoms with Crippen molar-refractivity contribution >= 4 is 11.8 Å². The second-order valence-corrected chi connectivity index (χ2v) is 6.17. The van der Waals surface area contributed by atoms with Gasteiger partial charge < -0.3 is 19.4 Å². The molecule has 2 aromatic rings. The molecule has 25 heavy (non-hydrogen) atoms. The third kappa shape index (κ3) is 4.28. The van der Waals surface area contributed by atoms with Gasteiger partial charge in [0, 0.05) is 50.2 Å². The van der Waals surface area contributed by atoms with Gasteiger partial charge in [0.05, 0.1) is 12.9 Å².